The molecule has 0 saturated carbocycles. The van der Waals surface area contributed by atoms with Gasteiger partial charge in [0, 0.05) is 29.2 Å². The number of benzene rings is 2. The van der Waals surface area contributed by atoms with Gasteiger partial charge in [0.15, 0.2) is 11.5 Å². The highest BCUT2D eigenvalue weighted by Crippen LogP contribution is 2.33. The van der Waals surface area contributed by atoms with E-state index in [1.807, 2.05) is 30.5 Å². The maximum atomic E-state index is 12.5. The minimum Gasteiger partial charge on any atom is -0.454 e. The number of thioether (sulfide) groups is 1. The quantitative estimate of drug-likeness (QED) is 0.839. The summed E-state index contributed by atoms with van der Waals surface area (Å²) in [5, 5.41) is 2.91. The van der Waals surface area contributed by atoms with Crippen LogP contribution in [-0.4, -0.2) is 42.9 Å². The van der Waals surface area contributed by atoms with Crippen molar-refractivity contribution in [3.05, 3.63) is 48.0 Å². The molecule has 0 unspecified atom stereocenters. The molecule has 2 amide bonds. The smallest absolute Gasteiger partial charge is 0.254 e. The molecule has 26 heavy (non-hydrogen) atoms. The number of amides is 2. The zero-order valence-electron chi connectivity index (χ0n) is 14.2. The molecule has 2 aliphatic heterocycles. The van der Waals surface area contributed by atoms with Crippen molar-refractivity contribution in [2.45, 2.75) is 4.90 Å². The fraction of sp³-hybridized carbons (Fsp3) is 0.263. The Morgan fingerprint density at radius 1 is 1.08 bits per heavy atom. The van der Waals surface area contributed by atoms with E-state index in [-0.39, 0.29) is 24.5 Å². The highest BCUT2D eigenvalue weighted by atomic mass is 32.2. The summed E-state index contributed by atoms with van der Waals surface area (Å²) < 4.78 is 10.6. The number of hydrogen-bond acceptors (Lipinski definition) is 5. The first-order valence-electron chi connectivity index (χ1n) is 8.28. The van der Waals surface area contributed by atoms with Crippen molar-refractivity contribution in [2.24, 2.45) is 5.92 Å². The maximum Gasteiger partial charge on any atom is 0.254 e. The molecule has 1 saturated heterocycles. The number of ether oxygens (including phenoxy) is 2. The van der Waals surface area contributed by atoms with Crippen LogP contribution in [0.5, 0.6) is 11.5 Å². The number of nitrogens with zero attached hydrogens (tertiary/aromatic N) is 1. The number of nitrogens with one attached hydrogen (secondary N) is 1. The Labute approximate surface area is 155 Å². The van der Waals surface area contributed by atoms with Gasteiger partial charge in [-0.1, -0.05) is 0 Å². The summed E-state index contributed by atoms with van der Waals surface area (Å²) in [4.78, 5) is 27.6. The first-order chi connectivity index (χ1) is 12.6. The van der Waals surface area contributed by atoms with E-state index in [2.05, 4.69) is 5.32 Å². The molecule has 2 aliphatic rings. The lowest BCUT2D eigenvalue weighted by Crippen LogP contribution is -2.54. The van der Waals surface area contributed by atoms with Gasteiger partial charge in [0.25, 0.3) is 5.91 Å². The molecule has 2 aromatic rings. The van der Waals surface area contributed by atoms with Gasteiger partial charge in [0.05, 0.1) is 5.92 Å². The van der Waals surface area contributed by atoms with Crippen LogP contribution in [0.1, 0.15) is 10.4 Å². The van der Waals surface area contributed by atoms with Gasteiger partial charge in [-0.15, -0.1) is 11.8 Å². The molecular formula is C19H18N2O4S. The second-order valence-electron chi connectivity index (χ2n) is 6.19. The molecule has 4 rings (SSSR count). The van der Waals surface area contributed by atoms with Crippen LogP contribution < -0.4 is 14.8 Å². The van der Waals surface area contributed by atoms with Crippen molar-refractivity contribution >= 4 is 29.3 Å². The van der Waals surface area contributed by atoms with Crippen molar-refractivity contribution < 1.29 is 19.1 Å². The van der Waals surface area contributed by atoms with Crippen molar-refractivity contribution in [1.82, 2.24) is 4.90 Å². The number of rotatable bonds is 4. The monoisotopic (exact) mass is 370 g/mol. The highest BCUT2D eigenvalue weighted by molar-refractivity contribution is 7.98. The molecule has 6 nitrogen and oxygen atoms in total. The molecule has 7 heteroatoms. The normalized spacial score (nSPS) is 15.5. The maximum absolute atomic E-state index is 12.5. The molecule has 2 heterocycles. The predicted octanol–water partition coefficient (Wildman–Crippen LogP) is 2.85. The minimum atomic E-state index is -0.187. The third-order valence-corrected chi connectivity index (χ3v) is 5.26. The first kappa shape index (κ1) is 16.8. The Bertz CT molecular complexity index is 847. The van der Waals surface area contributed by atoms with Gasteiger partial charge in [-0.2, -0.15) is 0 Å². The molecule has 0 atom stereocenters. The molecule has 0 aromatic heterocycles. The summed E-state index contributed by atoms with van der Waals surface area (Å²) in [5.41, 5.74) is 1.31. The Balaban J connectivity index is 1.32. The van der Waals surface area contributed by atoms with Gasteiger partial charge in [0.1, 0.15) is 0 Å². The predicted molar refractivity (Wildman–Crippen MR) is 98.8 cm³/mol. The van der Waals surface area contributed by atoms with Crippen LogP contribution in [0, 0.1) is 5.92 Å². The standard InChI is InChI=1S/C19H18N2O4S/c1-26-15-5-3-14(4-6-15)20-18(22)13-9-21(10-13)19(23)12-2-7-16-17(8-12)25-11-24-16/h2-8,13H,9-11H2,1H3,(H,20,22). The molecule has 0 bridgehead atoms. The van der Waals surface area contributed by atoms with E-state index in [0.29, 0.717) is 30.2 Å². The lowest BCUT2D eigenvalue weighted by molar-refractivity contribution is -0.123. The average molecular weight is 370 g/mol. The van der Waals surface area contributed by atoms with E-state index in [1.54, 1.807) is 34.9 Å². The molecule has 1 N–H and O–H groups in total. The average Bonchev–Trinajstić information content (AvgIpc) is 3.08. The first-order valence-corrected chi connectivity index (χ1v) is 9.50. The van der Waals surface area contributed by atoms with E-state index in [0.717, 1.165) is 10.6 Å². The summed E-state index contributed by atoms with van der Waals surface area (Å²) in [6.45, 7) is 1.01. The van der Waals surface area contributed by atoms with Crippen molar-refractivity contribution in [3.63, 3.8) is 0 Å². The number of carbonyl (C=O) groups is 2. The van der Waals surface area contributed by atoms with Gasteiger partial charge in [-0.3, -0.25) is 9.59 Å². The van der Waals surface area contributed by atoms with Gasteiger partial charge in [-0.25, -0.2) is 0 Å². The number of anilines is 1. The van der Waals surface area contributed by atoms with Gasteiger partial charge in [-0.05, 0) is 48.7 Å². The van der Waals surface area contributed by atoms with Crippen molar-refractivity contribution in [1.29, 1.82) is 0 Å². The Hall–Kier alpha value is -2.67. The van der Waals surface area contributed by atoms with Crippen LogP contribution >= 0.6 is 11.8 Å². The fourth-order valence-corrected chi connectivity index (χ4v) is 3.35. The van der Waals surface area contributed by atoms with Crippen LogP contribution in [-0.2, 0) is 4.79 Å². The molecular weight excluding hydrogens is 352 g/mol. The molecule has 1 fully saturated rings. The summed E-state index contributed by atoms with van der Waals surface area (Å²) in [6, 6.07) is 12.8. The third kappa shape index (κ3) is 3.22. The molecule has 0 aliphatic carbocycles. The second kappa shape index (κ2) is 6.92. The number of carbonyl (C=O) groups excluding carboxylic acids is 2. The van der Waals surface area contributed by atoms with E-state index >= 15 is 0 Å². The van der Waals surface area contributed by atoms with E-state index < -0.39 is 0 Å². The van der Waals surface area contributed by atoms with E-state index in [9.17, 15) is 9.59 Å². The minimum absolute atomic E-state index is 0.0587. The van der Waals surface area contributed by atoms with Gasteiger partial charge < -0.3 is 19.7 Å². The third-order valence-electron chi connectivity index (χ3n) is 4.52. The van der Waals surface area contributed by atoms with Gasteiger partial charge >= 0.3 is 0 Å². The zero-order chi connectivity index (χ0) is 18.1. The summed E-state index contributed by atoms with van der Waals surface area (Å²) >= 11 is 1.65. The van der Waals surface area contributed by atoms with E-state index in [4.69, 9.17) is 9.47 Å². The summed E-state index contributed by atoms with van der Waals surface area (Å²) in [7, 11) is 0. The lowest BCUT2D eigenvalue weighted by atomic mass is 9.97. The Morgan fingerprint density at radius 2 is 1.81 bits per heavy atom. The van der Waals surface area contributed by atoms with E-state index in [1.165, 1.54) is 0 Å². The molecule has 134 valence electrons. The Kier molecular flexibility index (Phi) is 4.46. The summed E-state index contributed by atoms with van der Waals surface area (Å²) in [5.74, 6) is 0.885. The number of hydrogen-bond donors (Lipinski definition) is 1. The second-order valence-corrected chi connectivity index (χ2v) is 7.07. The van der Waals surface area contributed by atoms with Crippen LogP contribution in [0.25, 0.3) is 0 Å². The van der Waals surface area contributed by atoms with Crippen LogP contribution in [0.15, 0.2) is 47.4 Å². The SMILES string of the molecule is CSc1ccc(NC(=O)C2CN(C(=O)c3ccc4c(c3)OCO4)C2)cc1. The van der Waals surface area contributed by atoms with Crippen molar-refractivity contribution in [2.75, 3.05) is 31.5 Å². The van der Waals surface area contributed by atoms with Gasteiger partial charge in [0.2, 0.25) is 12.7 Å². The Morgan fingerprint density at radius 3 is 2.54 bits per heavy atom. The number of likely N-dealkylation sites (tertiary alicyclic amines) is 1. The zero-order valence-corrected chi connectivity index (χ0v) is 15.0. The molecule has 2 aromatic carbocycles. The number of fused-ring (bicyclic) bond motifs is 1. The van der Waals surface area contributed by atoms with Crippen LogP contribution in [0.2, 0.25) is 0 Å². The largest absolute Gasteiger partial charge is 0.454 e. The van der Waals surface area contributed by atoms with Crippen LogP contribution in [0.4, 0.5) is 5.69 Å². The summed E-state index contributed by atoms with van der Waals surface area (Å²) in [6.07, 6.45) is 2.01. The topological polar surface area (TPSA) is 67.9 Å². The molecule has 0 radical (unpaired) electrons. The highest BCUT2D eigenvalue weighted by Gasteiger charge is 2.36. The van der Waals surface area contributed by atoms with Crippen LogP contribution in [0.3, 0.4) is 0 Å². The van der Waals surface area contributed by atoms with Crippen molar-refractivity contribution in [3.8, 4) is 11.5 Å². The molecule has 0 spiro atoms. The fourth-order valence-electron chi connectivity index (χ4n) is 2.94. The lowest BCUT2D eigenvalue weighted by Gasteiger charge is -2.38.